The number of aromatic hydroxyl groups is 1. The van der Waals surface area contributed by atoms with E-state index in [4.69, 9.17) is 28.7 Å². The standard InChI is InChI=1S/C52H80N16O23/c1-21(2)12-27(60-41(80)25(53)19-69)48(87)68-40(22(3)4)50(89)65-29(15-36(55)73)44(83)61-28(14-35(54)72)43(82)63-31(17-38(76)77)46(85)64-30(16-37(74)75)45(84)59-26(6-5-11-58-52(56)57)42(81)62-32(18-39(78)79)47(86)67-34(20-70)49(88)66-33(51(90)91)13-23-7-9-24(71)10-8-23/h7-10,21-22,25-34,40,69-71H,5-6,11-20,53H2,1-4H3,(H2,54,72)(H2,55,73)(H,59,84)(H,60,80)(H,61,83)(H,62,81)(H,63,82)(H,64,85)(H,65,89)(H,66,88)(H,67,86)(H,68,87)(H,74,75)(H,76,77)(H,78,79)(H,90,91)(H4,56,57,58)/t25-,26-,27-,28-,29-,30-,31-,32-,33-,34-,40-/m0/s1. The molecule has 0 aliphatic carbocycles. The number of nitrogens with one attached hydrogen (secondary N) is 10. The van der Waals surface area contributed by atoms with Gasteiger partial charge < -0.3 is 118 Å². The second kappa shape index (κ2) is 38.9. The molecule has 0 aliphatic heterocycles. The van der Waals surface area contributed by atoms with E-state index in [2.05, 4.69) is 31.6 Å². The molecule has 91 heavy (non-hydrogen) atoms. The van der Waals surface area contributed by atoms with Gasteiger partial charge in [-0.25, -0.2) is 4.79 Å². The van der Waals surface area contributed by atoms with E-state index >= 15 is 0 Å². The van der Waals surface area contributed by atoms with Gasteiger partial charge in [-0.3, -0.25) is 76.9 Å². The average Bonchev–Trinajstić information content (AvgIpc) is 1.00. The number of primary amides is 2. The Labute approximate surface area is 517 Å². The fraction of sp³-hybridized carbons (Fsp3) is 0.558. The highest BCUT2D eigenvalue weighted by molar-refractivity contribution is 6.02. The van der Waals surface area contributed by atoms with Crippen molar-refractivity contribution in [2.24, 2.45) is 45.5 Å². The molecule has 0 saturated carbocycles. The molecule has 1 aromatic carbocycles. The number of phenols is 1. The Morgan fingerprint density at radius 3 is 1.15 bits per heavy atom. The monoisotopic (exact) mass is 1300 g/mol. The van der Waals surface area contributed by atoms with Crippen LogP contribution in [0, 0.1) is 11.8 Å². The van der Waals surface area contributed by atoms with E-state index in [1.807, 2.05) is 26.6 Å². The third-order valence-electron chi connectivity index (χ3n) is 12.6. The minimum atomic E-state index is -2.35. The molecule has 1 aromatic rings. The summed E-state index contributed by atoms with van der Waals surface area (Å²) in [4.78, 5) is 212. The number of aliphatic imine (C=N–C) groups is 1. The number of carboxylic acid groups (broad SMARTS) is 4. The predicted molar refractivity (Wildman–Crippen MR) is 309 cm³/mol. The molecule has 0 radical (unpaired) electrons. The summed E-state index contributed by atoms with van der Waals surface area (Å²) in [5.41, 5.74) is 27.3. The van der Waals surface area contributed by atoms with Gasteiger partial charge in [0.1, 0.15) is 72.2 Å². The number of guanidine groups is 1. The predicted octanol–water partition coefficient (Wildman–Crippen LogP) is -9.89. The van der Waals surface area contributed by atoms with Gasteiger partial charge in [0.25, 0.3) is 0 Å². The van der Waals surface area contributed by atoms with E-state index in [1.54, 1.807) is 13.8 Å². The van der Waals surface area contributed by atoms with Crippen LogP contribution in [0.2, 0.25) is 0 Å². The van der Waals surface area contributed by atoms with Crippen LogP contribution in [0.4, 0.5) is 0 Å². The summed E-state index contributed by atoms with van der Waals surface area (Å²) in [5, 5.41) is 89.0. The van der Waals surface area contributed by atoms with Gasteiger partial charge in [-0.05, 0) is 48.8 Å². The van der Waals surface area contributed by atoms with Gasteiger partial charge in [0, 0.05) is 13.0 Å². The van der Waals surface area contributed by atoms with E-state index in [9.17, 15) is 112 Å². The van der Waals surface area contributed by atoms with E-state index in [0.717, 1.165) is 0 Å². The molecule has 11 atom stereocenters. The molecule has 39 heteroatoms. The molecule has 27 N–H and O–H groups in total. The lowest BCUT2D eigenvalue weighted by Gasteiger charge is -2.28. The number of carboxylic acids is 4. The van der Waals surface area contributed by atoms with Crippen LogP contribution < -0.4 is 81.8 Å². The first-order valence-electron chi connectivity index (χ1n) is 27.7. The topological polar surface area (TPSA) is 677 Å². The highest BCUT2D eigenvalue weighted by atomic mass is 16.4. The number of rotatable bonds is 42. The Morgan fingerprint density at radius 2 is 0.791 bits per heavy atom. The van der Waals surface area contributed by atoms with Crippen molar-refractivity contribution in [3.8, 4) is 5.75 Å². The summed E-state index contributed by atoms with van der Waals surface area (Å²) in [5.74, 6) is -24.6. The normalized spacial score (nSPS) is 14.6. The number of aliphatic hydroxyl groups excluding tert-OH is 2. The Morgan fingerprint density at radius 1 is 0.440 bits per heavy atom. The van der Waals surface area contributed by atoms with E-state index < -0.39 is 225 Å². The zero-order chi connectivity index (χ0) is 69.6. The number of hydrogen-bond donors (Lipinski definition) is 22. The Bertz CT molecular complexity index is 2830. The third-order valence-corrected chi connectivity index (χ3v) is 12.6. The number of aliphatic hydroxyl groups is 2. The molecular formula is C52H80N16O23. The molecule has 0 spiro atoms. The van der Waals surface area contributed by atoms with Crippen LogP contribution in [0.25, 0.3) is 0 Å². The van der Waals surface area contributed by atoms with Crippen molar-refractivity contribution < 1.29 is 112 Å². The zero-order valence-electron chi connectivity index (χ0n) is 49.8. The van der Waals surface area contributed by atoms with Crippen molar-refractivity contribution in [1.29, 1.82) is 0 Å². The molecule has 0 aliphatic rings. The van der Waals surface area contributed by atoms with Crippen LogP contribution in [-0.2, 0) is 83.1 Å². The molecular weight excluding hydrogens is 1220 g/mol. The quantitative estimate of drug-likeness (QED) is 0.0164. The van der Waals surface area contributed by atoms with Gasteiger partial charge >= 0.3 is 23.9 Å². The zero-order valence-corrected chi connectivity index (χ0v) is 49.8. The number of benzene rings is 1. The Kier molecular flexibility index (Phi) is 33.6. The van der Waals surface area contributed by atoms with E-state index in [0.29, 0.717) is 5.56 Å². The molecule has 0 bridgehead atoms. The molecule has 1 rings (SSSR count). The highest BCUT2D eigenvalue weighted by Crippen LogP contribution is 2.14. The van der Waals surface area contributed by atoms with Crippen LogP contribution in [0.15, 0.2) is 29.3 Å². The number of carbonyl (C=O) groups excluding carboxylic acids is 12. The molecule has 39 nitrogen and oxygen atoms in total. The fourth-order valence-electron chi connectivity index (χ4n) is 8.03. The lowest BCUT2D eigenvalue weighted by molar-refractivity contribution is -0.144. The van der Waals surface area contributed by atoms with Crippen molar-refractivity contribution >= 4 is 101 Å². The molecule has 0 heterocycles. The molecule has 506 valence electrons. The fourth-order valence-corrected chi connectivity index (χ4v) is 8.03. The van der Waals surface area contributed by atoms with Gasteiger partial charge in [0.2, 0.25) is 70.9 Å². The summed E-state index contributed by atoms with van der Waals surface area (Å²) >= 11 is 0. The Balaban J connectivity index is 3.58. The third kappa shape index (κ3) is 30.0. The maximum Gasteiger partial charge on any atom is 0.326 e. The number of carbonyl (C=O) groups is 16. The van der Waals surface area contributed by atoms with Crippen molar-refractivity contribution in [3.63, 3.8) is 0 Å². The second-order valence-electron chi connectivity index (χ2n) is 21.2. The molecule has 0 aromatic heterocycles. The van der Waals surface area contributed by atoms with Gasteiger partial charge in [-0.2, -0.15) is 0 Å². The first-order chi connectivity index (χ1) is 42.4. The first-order valence-corrected chi connectivity index (χ1v) is 27.7. The number of amides is 12. The summed E-state index contributed by atoms with van der Waals surface area (Å²) in [6, 6.07) is -15.8. The summed E-state index contributed by atoms with van der Waals surface area (Å²) in [6.07, 6.45) is -7.31. The Hall–Kier alpha value is -10.3. The first kappa shape index (κ1) is 78.7. The average molecular weight is 1300 g/mol. The van der Waals surface area contributed by atoms with Crippen molar-refractivity contribution in [2.45, 2.75) is 152 Å². The minimum absolute atomic E-state index is 0.00931. The number of phenolic OH excluding ortho intramolecular Hbond substituents is 1. The van der Waals surface area contributed by atoms with Gasteiger partial charge in [0.15, 0.2) is 5.96 Å². The van der Waals surface area contributed by atoms with Crippen LogP contribution >= 0.6 is 0 Å². The highest BCUT2D eigenvalue weighted by Gasteiger charge is 2.38. The SMILES string of the molecule is CC(C)C[C@H](NC(=O)[C@@H](N)CO)C(=O)N[C@H](C(=O)N[C@@H](CC(N)=O)C(=O)N[C@@H](CC(N)=O)C(=O)N[C@@H](CC(=O)O)C(=O)N[C@@H](CC(=O)O)C(=O)N[C@@H](CCCN=C(N)N)C(=O)N[C@@H](CC(=O)O)C(=O)N[C@@H](CO)C(=O)N[C@@H](Cc1ccc(O)cc1)C(=O)O)C(C)C. The van der Waals surface area contributed by atoms with Gasteiger partial charge in [-0.15, -0.1) is 0 Å². The maximum absolute atomic E-state index is 14.0. The lowest BCUT2D eigenvalue weighted by Crippen LogP contribution is -2.62. The van der Waals surface area contributed by atoms with Crippen molar-refractivity contribution in [2.75, 3.05) is 19.8 Å². The van der Waals surface area contributed by atoms with Crippen LogP contribution in [0.3, 0.4) is 0 Å². The van der Waals surface area contributed by atoms with Crippen LogP contribution in [0.5, 0.6) is 5.75 Å². The smallest absolute Gasteiger partial charge is 0.326 e. The van der Waals surface area contributed by atoms with Gasteiger partial charge in [-0.1, -0.05) is 39.8 Å². The lowest BCUT2D eigenvalue weighted by atomic mass is 9.99. The van der Waals surface area contributed by atoms with E-state index in [1.165, 1.54) is 38.1 Å². The van der Waals surface area contributed by atoms with Crippen molar-refractivity contribution in [3.05, 3.63) is 29.8 Å². The number of nitrogens with two attached hydrogens (primary N) is 5. The molecule has 0 unspecified atom stereocenters. The van der Waals surface area contributed by atoms with Gasteiger partial charge in [0.05, 0.1) is 45.3 Å². The van der Waals surface area contributed by atoms with Crippen LogP contribution in [0.1, 0.15) is 84.6 Å². The summed E-state index contributed by atoms with van der Waals surface area (Å²) in [7, 11) is 0. The van der Waals surface area contributed by atoms with E-state index in [-0.39, 0.29) is 37.5 Å². The number of nitrogens with zero attached hydrogens (tertiary/aromatic N) is 1. The minimum Gasteiger partial charge on any atom is -0.508 e. The number of hydrogen-bond acceptors (Lipinski definition) is 21. The van der Waals surface area contributed by atoms with Crippen LogP contribution in [-0.4, -0.2) is 223 Å². The largest absolute Gasteiger partial charge is 0.508 e. The number of aliphatic carboxylic acids is 4. The maximum atomic E-state index is 14.0. The van der Waals surface area contributed by atoms with Crippen molar-refractivity contribution in [1.82, 2.24) is 53.2 Å². The molecule has 0 saturated heterocycles. The summed E-state index contributed by atoms with van der Waals surface area (Å²) in [6.45, 7) is 4.04. The second-order valence-corrected chi connectivity index (χ2v) is 21.2. The molecule has 0 fully saturated rings. The summed E-state index contributed by atoms with van der Waals surface area (Å²) < 4.78 is 0. The molecule has 12 amide bonds.